The number of nitrogens with one attached hydrogen (secondary N) is 2. The lowest BCUT2D eigenvalue weighted by molar-refractivity contribution is 0.190. The van der Waals surface area contributed by atoms with E-state index in [9.17, 15) is 4.79 Å². The number of rotatable bonds is 2. The molecule has 3 aromatic rings. The third-order valence-electron chi connectivity index (χ3n) is 4.15. The van der Waals surface area contributed by atoms with Crippen LogP contribution in [0.4, 0.5) is 0 Å². The number of nitrogens with zero attached hydrogens (tertiary/aromatic N) is 4. The fraction of sp³-hybridized carbons (Fsp3) is 0.333. The normalized spacial score (nSPS) is 19.3. The van der Waals surface area contributed by atoms with Crippen molar-refractivity contribution in [2.45, 2.75) is 6.04 Å². The van der Waals surface area contributed by atoms with E-state index in [-0.39, 0.29) is 11.6 Å². The van der Waals surface area contributed by atoms with Gasteiger partial charge >= 0.3 is 0 Å². The van der Waals surface area contributed by atoms with Crippen LogP contribution in [0.5, 0.6) is 0 Å². The summed E-state index contributed by atoms with van der Waals surface area (Å²) in [5.41, 5.74) is 0.255. The Balaban J connectivity index is 1.78. The largest absolute Gasteiger partial charge is 0.332 e. The van der Waals surface area contributed by atoms with Crippen LogP contribution < -0.4 is 10.9 Å². The van der Waals surface area contributed by atoms with Crippen LogP contribution in [0.1, 0.15) is 11.9 Å². The number of likely N-dealkylation sites (N-methyl/N-ethyl adjacent to an activating group) is 1. The fourth-order valence-electron chi connectivity index (χ4n) is 2.84. The summed E-state index contributed by atoms with van der Waals surface area (Å²) in [6.07, 6.45) is 0. The standard InChI is InChI=1S/C15H16N6O2/c1-21-7-6-16-8-11(21)13-17-15(23-20-13)12-9-4-2-3-5-10(9)14(22)19-18-12/h2-5,11,16H,6-8H2,1H3,(H,19,22). The Morgan fingerprint density at radius 1 is 1.30 bits per heavy atom. The number of H-pyrrole nitrogens is 1. The van der Waals surface area contributed by atoms with E-state index in [1.165, 1.54) is 0 Å². The van der Waals surface area contributed by atoms with Crippen LogP contribution in [-0.4, -0.2) is 51.9 Å². The summed E-state index contributed by atoms with van der Waals surface area (Å²) < 4.78 is 5.40. The summed E-state index contributed by atoms with van der Waals surface area (Å²) in [4.78, 5) is 18.5. The highest BCUT2D eigenvalue weighted by molar-refractivity contribution is 5.91. The molecule has 4 rings (SSSR count). The van der Waals surface area contributed by atoms with Gasteiger partial charge in [-0.2, -0.15) is 10.1 Å². The van der Waals surface area contributed by atoms with E-state index in [1.54, 1.807) is 6.07 Å². The van der Waals surface area contributed by atoms with Gasteiger partial charge in [0.15, 0.2) is 11.5 Å². The molecule has 23 heavy (non-hydrogen) atoms. The van der Waals surface area contributed by atoms with Crippen molar-refractivity contribution in [1.29, 1.82) is 0 Å². The van der Waals surface area contributed by atoms with E-state index >= 15 is 0 Å². The molecular weight excluding hydrogens is 296 g/mol. The molecule has 1 atom stereocenters. The van der Waals surface area contributed by atoms with E-state index in [4.69, 9.17) is 4.52 Å². The zero-order valence-corrected chi connectivity index (χ0v) is 12.6. The minimum Gasteiger partial charge on any atom is -0.332 e. The zero-order chi connectivity index (χ0) is 15.8. The Morgan fingerprint density at radius 3 is 2.96 bits per heavy atom. The van der Waals surface area contributed by atoms with E-state index in [0.29, 0.717) is 28.2 Å². The summed E-state index contributed by atoms with van der Waals surface area (Å²) in [7, 11) is 2.04. The van der Waals surface area contributed by atoms with Gasteiger partial charge in [-0.05, 0) is 13.1 Å². The van der Waals surface area contributed by atoms with Crippen molar-refractivity contribution in [2.24, 2.45) is 0 Å². The highest BCUT2D eigenvalue weighted by Crippen LogP contribution is 2.25. The molecule has 0 radical (unpaired) electrons. The molecule has 0 aliphatic carbocycles. The molecule has 2 N–H and O–H groups in total. The minimum absolute atomic E-state index is 0.0651. The second-order valence-corrected chi connectivity index (χ2v) is 5.61. The number of hydrogen-bond donors (Lipinski definition) is 2. The molecule has 8 nitrogen and oxygen atoms in total. The predicted octanol–water partition coefficient (Wildman–Crippen LogP) is 0.549. The van der Waals surface area contributed by atoms with Crippen molar-refractivity contribution in [3.8, 4) is 11.6 Å². The van der Waals surface area contributed by atoms with Crippen LogP contribution in [0, 0.1) is 0 Å². The number of benzene rings is 1. The Bertz CT molecular complexity index is 902. The van der Waals surface area contributed by atoms with E-state index < -0.39 is 0 Å². The summed E-state index contributed by atoms with van der Waals surface area (Å²) >= 11 is 0. The van der Waals surface area contributed by atoms with Crippen molar-refractivity contribution in [2.75, 3.05) is 26.7 Å². The molecule has 1 saturated heterocycles. The smallest absolute Gasteiger partial charge is 0.279 e. The SMILES string of the molecule is CN1CCNCC1c1noc(-c2n[nH]c(=O)c3ccccc23)n1. The van der Waals surface area contributed by atoms with Gasteiger partial charge in [0, 0.05) is 25.0 Å². The van der Waals surface area contributed by atoms with E-state index in [0.717, 1.165) is 19.6 Å². The van der Waals surface area contributed by atoms with Crippen molar-refractivity contribution in [3.63, 3.8) is 0 Å². The molecule has 3 heterocycles. The summed E-state index contributed by atoms with van der Waals surface area (Å²) in [6, 6.07) is 7.29. The Morgan fingerprint density at radius 2 is 2.13 bits per heavy atom. The topological polar surface area (TPSA) is 99.9 Å². The first-order chi connectivity index (χ1) is 11.2. The molecule has 0 bridgehead atoms. The number of hydrogen-bond acceptors (Lipinski definition) is 7. The van der Waals surface area contributed by atoms with Gasteiger partial charge in [-0.1, -0.05) is 23.4 Å². The minimum atomic E-state index is -0.236. The molecule has 1 aliphatic rings. The zero-order valence-electron chi connectivity index (χ0n) is 12.6. The number of fused-ring (bicyclic) bond motifs is 1. The van der Waals surface area contributed by atoms with Gasteiger partial charge < -0.3 is 9.84 Å². The third kappa shape index (κ3) is 2.41. The maximum atomic E-state index is 11.9. The van der Waals surface area contributed by atoms with Crippen molar-refractivity contribution < 1.29 is 4.52 Å². The van der Waals surface area contributed by atoms with Crippen molar-refractivity contribution in [3.05, 3.63) is 40.4 Å². The lowest BCUT2D eigenvalue weighted by atomic mass is 10.1. The lowest BCUT2D eigenvalue weighted by Crippen LogP contribution is -2.44. The van der Waals surface area contributed by atoms with Gasteiger partial charge in [-0.3, -0.25) is 9.69 Å². The average Bonchev–Trinajstić information content (AvgIpc) is 3.05. The van der Waals surface area contributed by atoms with Crippen LogP contribution in [0.15, 0.2) is 33.6 Å². The summed E-state index contributed by atoms with van der Waals surface area (Å²) in [5.74, 6) is 0.929. The predicted molar refractivity (Wildman–Crippen MR) is 83.9 cm³/mol. The van der Waals surface area contributed by atoms with Crippen molar-refractivity contribution >= 4 is 10.8 Å². The van der Waals surface area contributed by atoms with Crippen LogP contribution in [0.2, 0.25) is 0 Å². The lowest BCUT2D eigenvalue weighted by Gasteiger charge is -2.30. The monoisotopic (exact) mass is 312 g/mol. The number of aromatic nitrogens is 4. The first kappa shape index (κ1) is 14.0. The van der Waals surface area contributed by atoms with Crippen LogP contribution in [-0.2, 0) is 0 Å². The highest BCUT2D eigenvalue weighted by Gasteiger charge is 2.26. The Kier molecular flexibility index (Phi) is 3.40. The summed E-state index contributed by atoms with van der Waals surface area (Å²) in [6.45, 7) is 2.65. The molecule has 1 aliphatic heterocycles. The van der Waals surface area contributed by atoms with E-state index in [1.807, 2.05) is 25.2 Å². The molecular formula is C15H16N6O2. The molecule has 1 fully saturated rings. The maximum Gasteiger partial charge on any atom is 0.279 e. The van der Waals surface area contributed by atoms with Crippen LogP contribution >= 0.6 is 0 Å². The molecule has 0 saturated carbocycles. The Hall–Kier alpha value is -2.58. The molecule has 0 spiro atoms. The first-order valence-corrected chi connectivity index (χ1v) is 7.46. The quantitative estimate of drug-likeness (QED) is 0.712. The highest BCUT2D eigenvalue weighted by atomic mass is 16.5. The molecule has 2 aromatic heterocycles. The van der Waals surface area contributed by atoms with Gasteiger partial charge in [0.2, 0.25) is 0 Å². The second kappa shape index (κ2) is 5.56. The first-order valence-electron chi connectivity index (χ1n) is 7.46. The second-order valence-electron chi connectivity index (χ2n) is 5.61. The van der Waals surface area contributed by atoms with E-state index in [2.05, 4.69) is 30.6 Å². The third-order valence-corrected chi connectivity index (χ3v) is 4.15. The number of aromatic amines is 1. The molecule has 1 unspecified atom stereocenters. The average molecular weight is 312 g/mol. The van der Waals surface area contributed by atoms with Crippen molar-refractivity contribution in [1.82, 2.24) is 30.6 Å². The Labute approximate surface area is 131 Å². The van der Waals surface area contributed by atoms with Gasteiger partial charge in [0.1, 0.15) is 0 Å². The molecule has 8 heteroatoms. The molecule has 118 valence electrons. The van der Waals surface area contributed by atoms with Gasteiger partial charge in [-0.15, -0.1) is 0 Å². The maximum absolute atomic E-state index is 11.9. The van der Waals surface area contributed by atoms with Crippen LogP contribution in [0.25, 0.3) is 22.4 Å². The fourth-order valence-corrected chi connectivity index (χ4v) is 2.84. The van der Waals surface area contributed by atoms with Crippen LogP contribution in [0.3, 0.4) is 0 Å². The molecule has 0 amide bonds. The number of piperazine rings is 1. The molecule has 1 aromatic carbocycles. The van der Waals surface area contributed by atoms with Gasteiger partial charge in [0.25, 0.3) is 11.4 Å². The van der Waals surface area contributed by atoms with Gasteiger partial charge in [0.05, 0.1) is 11.4 Å². The summed E-state index contributed by atoms with van der Waals surface area (Å²) in [5, 5.41) is 15.2. The van der Waals surface area contributed by atoms with Gasteiger partial charge in [-0.25, -0.2) is 5.10 Å².